The fourth-order valence-corrected chi connectivity index (χ4v) is 3.54. The Kier molecular flexibility index (Phi) is 6.53. The zero-order chi connectivity index (χ0) is 17.5. The molecule has 2 aliphatic heterocycles. The molecule has 0 aliphatic carbocycles. The minimum absolute atomic E-state index is 0.00506. The third-order valence-corrected chi connectivity index (χ3v) is 5.07. The van der Waals surface area contributed by atoms with E-state index >= 15 is 0 Å². The molecule has 0 aromatic heterocycles. The number of rotatable bonds is 6. The number of ether oxygens (including phenoxy) is 1. The smallest absolute Gasteiger partial charge is 0.321 e. The van der Waals surface area contributed by atoms with E-state index in [1.165, 1.54) is 18.5 Å². The van der Waals surface area contributed by atoms with Crippen LogP contribution in [0.1, 0.15) is 19.3 Å². The minimum Gasteiger partial charge on any atom is -0.385 e. The number of benzene rings is 1. The molecule has 1 aromatic rings. The van der Waals surface area contributed by atoms with Crippen LogP contribution in [0.15, 0.2) is 24.3 Å². The second-order valence-corrected chi connectivity index (χ2v) is 6.85. The molecule has 6 nitrogen and oxygen atoms in total. The van der Waals surface area contributed by atoms with Gasteiger partial charge in [-0.2, -0.15) is 0 Å². The minimum atomic E-state index is 0.00506. The van der Waals surface area contributed by atoms with Crippen LogP contribution in [0.5, 0.6) is 0 Å². The highest BCUT2D eigenvalue weighted by atomic mass is 16.5. The van der Waals surface area contributed by atoms with Crippen LogP contribution in [0.4, 0.5) is 16.2 Å². The summed E-state index contributed by atoms with van der Waals surface area (Å²) in [6.45, 7) is 7.56. The van der Waals surface area contributed by atoms with Crippen molar-refractivity contribution in [1.82, 2.24) is 9.80 Å². The van der Waals surface area contributed by atoms with E-state index in [0.29, 0.717) is 0 Å². The normalized spacial score (nSPS) is 18.6. The van der Waals surface area contributed by atoms with Gasteiger partial charge >= 0.3 is 6.03 Å². The maximum absolute atomic E-state index is 12.4. The predicted molar refractivity (Wildman–Crippen MR) is 101 cm³/mol. The summed E-state index contributed by atoms with van der Waals surface area (Å²) in [7, 11) is 1.74. The van der Waals surface area contributed by atoms with E-state index in [2.05, 4.69) is 27.2 Å². The fraction of sp³-hybridized carbons (Fsp3) is 0.632. The van der Waals surface area contributed by atoms with Gasteiger partial charge in [0.15, 0.2) is 0 Å². The van der Waals surface area contributed by atoms with Gasteiger partial charge in [0.05, 0.1) is 0 Å². The summed E-state index contributed by atoms with van der Waals surface area (Å²) >= 11 is 0. The molecular weight excluding hydrogens is 316 g/mol. The Balaban J connectivity index is 1.43. The second kappa shape index (κ2) is 9.06. The SMILES string of the molecule is COCCCN1CCN(C(=O)Nc2ccc(N3CCCC3)cc2)CC1. The molecule has 2 saturated heterocycles. The van der Waals surface area contributed by atoms with Crippen LogP contribution in [0.3, 0.4) is 0 Å². The van der Waals surface area contributed by atoms with Crippen LogP contribution in [0.25, 0.3) is 0 Å². The monoisotopic (exact) mass is 346 g/mol. The van der Waals surface area contributed by atoms with Gasteiger partial charge in [0, 0.05) is 70.9 Å². The second-order valence-electron chi connectivity index (χ2n) is 6.85. The first-order valence-corrected chi connectivity index (χ1v) is 9.38. The zero-order valence-corrected chi connectivity index (χ0v) is 15.2. The molecule has 2 aliphatic rings. The van der Waals surface area contributed by atoms with Gasteiger partial charge in [-0.3, -0.25) is 4.90 Å². The lowest BCUT2D eigenvalue weighted by Gasteiger charge is -2.34. The summed E-state index contributed by atoms with van der Waals surface area (Å²) in [4.78, 5) is 19.1. The van der Waals surface area contributed by atoms with Crippen molar-refractivity contribution in [3.8, 4) is 0 Å². The van der Waals surface area contributed by atoms with Crippen molar-refractivity contribution in [2.45, 2.75) is 19.3 Å². The van der Waals surface area contributed by atoms with Crippen molar-refractivity contribution >= 4 is 17.4 Å². The lowest BCUT2D eigenvalue weighted by Crippen LogP contribution is -2.50. The number of anilines is 2. The molecule has 1 aromatic carbocycles. The fourth-order valence-electron chi connectivity index (χ4n) is 3.54. The van der Waals surface area contributed by atoms with Gasteiger partial charge in [-0.1, -0.05) is 0 Å². The maximum atomic E-state index is 12.4. The third kappa shape index (κ3) is 5.09. The van der Waals surface area contributed by atoms with Crippen molar-refractivity contribution in [1.29, 1.82) is 0 Å². The Morgan fingerprint density at radius 1 is 1.04 bits per heavy atom. The van der Waals surface area contributed by atoms with E-state index in [9.17, 15) is 4.79 Å². The summed E-state index contributed by atoms with van der Waals surface area (Å²) in [5, 5.41) is 3.03. The Morgan fingerprint density at radius 2 is 1.72 bits per heavy atom. The number of nitrogens with one attached hydrogen (secondary N) is 1. The summed E-state index contributed by atoms with van der Waals surface area (Å²) < 4.78 is 5.10. The van der Waals surface area contributed by atoms with Crippen molar-refractivity contribution in [2.24, 2.45) is 0 Å². The zero-order valence-electron chi connectivity index (χ0n) is 15.2. The molecule has 2 heterocycles. The highest BCUT2D eigenvalue weighted by Crippen LogP contribution is 2.22. The molecule has 0 spiro atoms. The molecule has 1 N–H and O–H groups in total. The molecular formula is C19H30N4O2. The summed E-state index contributed by atoms with van der Waals surface area (Å²) in [6.07, 6.45) is 3.60. The molecule has 138 valence electrons. The number of urea groups is 1. The van der Waals surface area contributed by atoms with E-state index in [4.69, 9.17) is 4.74 Å². The summed E-state index contributed by atoms with van der Waals surface area (Å²) in [6, 6.07) is 8.23. The number of nitrogens with zero attached hydrogens (tertiary/aromatic N) is 3. The van der Waals surface area contributed by atoms with Crippen LogP contribution in [-0.4, -0.2) is 75.4 Å². The maximum Gasteiger partial charge on any atom is 0.321 e. The van der Waals surface area contributed by atoms with E-state index in [0.717, 1.165) is 64.5 Å². The topological polar surface area (TPSA) is 48.1 Å². The first kappa shape index (κ1) is 18.0. The van der Waals surface area contributed by atoms with Crippen molar-refractivity contribution in [3.05, 3.63) is 24.3 Å². The number of hydrogen-bond donors (Lipinski definition) is 1. The lowest BCUT2D eigenvalue weighted by molar-refractivity contribution is 0.130. The van der Waals surface area contributed by atoms with Crippen molar-refractivity contribution in [3.63, 3.8) is 0 Å². The van der Waals surface area contributed by atoms with E-state index in [1.807, 2.05) is 17.0 Å². The molecule has 2 amide bonds. The lowest BCUT2D eigenvalue weighted by atomic mass is 10.2. The molecule has 0 unspecified atom stereocenters. The predicted octanol–water partition coefficient (Wildman–Crippen LogP) is 2.47. The number of carbonyl (C=O) groups is 1. The van der Waals surface area contributed by atoms with Gasteiger partial charge in [0.25, 0.3) is 0 Å². The van der Waals surface area contributed by atoms with E-state index < -0.39 is 0 Å². The summed E-state index contributed by atoms with van der Waals surface area (Å²) in [5.41, 5.74) is 2.12. The van der Waals surface area contributed by atoms with Crippen molar-refractivity contribution in [2.75, 3.05) is 69.7 Å². The van der Waals surface area contributed by atoms with Crippen LogP contribution in [-0.2, 0) is 4.74 Å². The third-order valence-electron chi connectivity index (χ3n) is 5.07. The molecule has 25 heavy (non-hydrogen) atoms. The molecule has 2 fully saturated rings. The Labute approximate surface area is 150 Å². The van der Waals surface area contributed by atoms with E-state index in [-0.39, 0.29) is 6.03 Å². The van der Waals surface area contributed by atoms with Gasteiger partial charge in [-0.25, -0.2) is 4.79 Å². The molecule has 0 saturated carbocycles. The molecule has 0 radical (unpaired) electrons. The van der Waals surface area contributed by atoms with Crippen LogP contribution >= 0.6 is 0 Å². The van der Waals surface area contributed by atoms with Gasteiger partial charge in [0.1, 0.15) is 0 Å². The van der Waals surface area contributed by atoms with Crippen LogP contribution in [0.2, 0.25) is 0 Å². The Hall–Kier alpha value is -1.79. The number of hydrogen-bond acceptors (Lipinski definition) is 4. The average molecular weight is 346 g/mol. The number of carbonyl (C=O) groups excluding carboxylic acids is 1. The van der Waals surface area contributed by atoms with Gasteiger partial charge in [-0.05, 0) is 43.5 Å². The van der Waals surface area contributed by atoms with Crippen LogP contribution < -0.4 is 10.2 Å². The van der Waals surface area contributed by atoms with Crippen molar-refractivity contribution < 1.29 is 9.53 Å². The highest BCUT2D eigenvalue weighted by Gasteiger charge is 2.21. The van der Waals surface area contributed by atoms with Gasteiger partial charge in [-0.15, -0.1) is 0 Å². The largest absolute Gasteiger partial charge is 0.385 e. The number of amides is 2. The molecule has 6 heteroatoms. The van der Waals surface area contributed by atoms with Gasteiger partial charge in [0.2, 0.25) is 0 Å². The summed E-state index contributed by atoms with van der Waals surface area (Å²) in [5.74, 6) is 0. The molecule has 0 bridgehead atoms. The first-order valence-electron chi connectivity index (χ1n) is 9.38. The quantitative estimate of drug-likeness (QED) is 0.804. The van der Waals surface area contributed by atoms with Gasteiger partial charge < -0.3 is 19.9 Å². The number of piperazine rings is 1. The molecule has 3 rings (SSSR count). The standard InChI is InChI=1S/C19H30N4O2/c1-25-16-4-9-21-12-14-23(15-13-21)19(24)20-17-5-7-18(8-6-17)22-10-2-3-11-22/h5-8H,2-4,9-16H2,1H3,(H,20,24). The van der Waals surface area contributed by atoms with E-state index in [1.54, 1.807) is 7.11 Å². The first-order chi connectivity index (χ1) is 12.3. The Bertz CT molecular complexity index is 535. The highest BCUT2D eigenvalue weighted by molar-refractivity contribution is 5.89. The Morgan fingerprint density at radius 3 is 2.36 bits per heavy atom. The number of methoxy groups -OCH3 is 1. The molecule has 0 atom stereocenters. The van der Waals surface area contributed by atoms with Crippen LogP contribution in [0, 0.1) is 0 Å². The average Bonchev–Trinajstić information content (AvgIpc) is 3.18.